The van der Waals surface area contributed by atoms with Crippen LogP contribution in [0.3, 0.4) is 0 Å². The number of benzene rings is 2. The molecule has 6 nitrogen and oxygen atoms in total. The summed E-state index contributed by atoms with van der Waals surface area (Å²) in [4.78, 5) is 41.8. The second-order valence-corrected chi connectivity index (χ2v) is 10.2. The molecule has 1 N–H and O–H groups in total. The molecule has 0 bridgehead atoms. The summed E-state index contributed by atoms with van der Waals surface area (Å²) in [7, 11) is 0. The molecule has 39 heavy (non-hydrogen) atoms. The Balaban J connectivity index is 1.55. The summed E-state index contributed by atoms with van der Waals surface area (Å²) in [6.07, 6.45) is -0.660. The summed E-state index contributed by atoms with van der Waals surface area (Å²) in [5, 5.41) is 3.23. The predicted molar refractivity (Wildman–Crippen MR) is 139 cm³/mol. The first-order chi connectivity index (χ1) is 18.6. The summed E-state index contributed by atoms with van der Waals surface area (Å²) in [6.45, 7) is 1.99. The van der Waals surface area contributed by atoms with Gasteiger partial charge in [0.2, 0.25) is 11.8 Å². The number of nitrogens with one attached hydrogen (secondary N) is 1. The minimum absolute atomic E-state index is 0.126. The average molecular weight is 563 g/mol. The van der Waals surface area contributed by atoms with Crippen molar-refractivity contribution in [3.63, 3.8) is 0 Å². The maximum absolute atomic E-state index is 13.8. The Bertz CT molecular complexity index is 1260. The van der Waals surface area contributed by atoms with Gasteiger partial charge in [-0.3, -0.25) is 14.4 Å². The zero-order chi connectivity index (χ0) is 28.2. The Morgan fingerprint density at radius 3 is 2.59 bits per heavy atom. The summed E-state index contributed by atoms with van der Waals surface area (Å²) < 4.78 is 44.6. The van der Waals surface area contributed by atoms with Crippen molar-refractivity contribution in [3.8, 4) is 0 Å². The van der Waals surface area contributed by atoms with Crippen LogP contribution in [-0.4, -0.2) is 35.8 Å². The van der Waals surface area contributed by atoms with E-state index >= 15 is 0 Å². The number of fused-ring (bicyclic) bond motifs is 1. The van der Waals surface area contributed by atoms with Gasteiger partial charge in [0.1, 0.15) is 5.41 Å². The lowest BCUT2D eigenvalue weighted by atomic mass is 9.68. The smallest absolute Gasteiger partial charge is 0.416 e. The molecule has 1 saturated heterocycles. The third-order valence-corrected chi connectivity index (χ3v) is 7.58. The molecular formula is C29H30ClF3N2O4. The fourth-order valence-electron chi connectivity index (χ4n) is 5.46. The molecule has 1 aliphatic carbocycles. The number of esters is 1. The molecule has 0 spiro atoms. The van der Waals surface area contributed by atoms with Crippen molar-refractivity contribution in [1.82, 2.24) is 10.2 Å². The largest absolute Gasteiger partial charge is 0.465 e. The van der Waals surface area contributed by atoms with Crippen LogP contribution in [0, 0.1) is 11.3 Å². The lowest BCUT2D eigenvalue weighted by Gasteiger charge is -2.35. The molecule has 2 aliphatic rings. The second-order valence-electron chi connectivity index (χ2n) is 9.77. The number of hydrogen-bond acceptors (Lipinski definition) is 4. The molecule has 1 aliphatic heterocycles. The summed E-state index contributed by atoms with van der Waals surface area (Å²) in [5.74, 6) is -2.37. The zero-order valence-electron chi connectivity index (χ0n) is 21.5. The number of carbonyl (C=O) groups excluding carboxylic acids is 3. The van der Waals surface area contributed by atoms with Crippen LogP contribution in [0.2, 0.25) is 5.02 Å². The van der Waals surface area contributed by atoms with E-state index in [0.717, 1.165) is 17.7 Å². The summed E-state index contributed by atoms with van der Waals surface area (Å²) >= 11 is 5.98. The Morgan fingerprint density at radius 2 is 1.90 bits per heavy atom. The third-order valence-electron chi connectivity index (χ3n) is 7.33. The molecule has 2 amide bonds. The number of ether oxygens (including phenoxy) is 1. The molecule has 0 saturated carbocycles. The van der Waals surface area contributed by atoms with Crippen molar-refractivity contribution >= 4 is 29.4 Å². The van der Waals surface area contributed by atoms with E-state index in [2.05, 4.69) is 5.32 Å². The Hall–Kier alpha value is -3.33. The van der Waals surface area contributed by atoms with Crippen molar-refractivity contribution in [2.24, 2.45) is 11.3 Å². The first-order valence-corrected chi connectivity index (χ1v) is 13.3. The molecule has 2 aromatic rings. The number of nitrogens with zero attached hydrogens (tertiary/aromatic N) is 1. The highest BCUT2D eigenvalue weighted by Crippen LogP contribution is 2.53. The summed E-state index contributed by atoms with van der Waals surface area (Å²) in [6, 6.07) is 12.0. The quantitative estimate of drug-likeness (QED) is 0.399. The highest BCUT2D eigenvalue weighted by Gasteiger charge is 2.61. The zero-order valence-corrected chi connectivity index (χ0v) is 22.3. The third kappa shape index (κ3) is 6.13. The predicted octanol–water partition coefficient (Wildman–Crippen LogP) is 5.68. The molecule has 1 heterocycles. The molecule has 2 atom stereocenters. The molecule has 208 valence electrons. The van der Waals surface area contributed by atoms with E-state index in [1.165, 1.54) is 12.1 Å². The highest BCUT2D eigenvalue weighted by atomic mass is 35.5. The van der Waals surface area contributed by atoms with Gasteiger partial charge in [0, 0.05) is 30.2 Å². The normalized spacial score (nSPS) is 20.8. The van der Waals surface area contributed by atoms with Crippen LogP contribution in [0.25, 0.3) is 0 Å². The van der Waals surface area contributed by atoms with E-state index in [4.69, 9.17) is 16.3 Å². The number of carbonyl (C=O) groups is 3. The maximum Gasteiger partial charge on any atom is 0.416 e. The van der Waals surface area contributed by atoms with E-state index in [1.807, 2.05) is 18.2 Å². The number of hydrogen-bond donors (Lipinski definition) is 1. The van der Waals surface area contributed by atoms with E-state index in [1.54, 1.807) is 24.0 Å². The highest BCUT2D eigenvalue weighted by molar-refractivity contribution is 6.30. The molecular weight excluding hydrogens is 533 g/mol. The van der Waals surface area contributed by atoms with Gasteiger partial charge < -0.3 is 15.0 Å². The van der Waals surface area contributed by atoms with Crippen molar-refractivity contribution in [2.75, 3.05) is 13.2 Å². The van der Waals surface area contributed by atoms with Gasteiger partial charge in [-0.25, -0.2) is 0 Å². The van der Waals surface area contributed by atoms with Crippen LogP contribution in [-0.2, 0) is 38.3 Å². The monoisotopic (exact) mass is 562 g/mol. The lowest BCUT2D eigenvalue weighted by Crippen LogP contribution is -2.43. The SMILES string of the molecule is CCOC(=O)[C@@]12CCCC=C1N(CCc1ccc(Cl)cc1)C(=O)[C@H]2CC(=O)NCc1cccc(C(F)(F)F)c1. The molecule has 0 unspecified atom stereocenters. The van der Waals surface area contributed by atoms with Gasteiger partial charge in [-0.2, -0.15) is 13.2 Å². The van der Waals surface area contributed by atoms with Gasteiger partial charge >= 0.3 is 12.1 Å². The minimum atomic E-state index is -4.50. The van der Waals surface area contributed by atoms with Gasteiger partial charge in [0.25, 0.3) is 0 Å². The van der Waals surface area contributed by atoms with Crippen molar-refractivity contribution in [3.05, 3.63) is 82.0 Å². The van der Waals surface area contributed by atoms with Crippen molar-refractivity contribution in [1.29, 1.82) is 0 Å². The Morgan fingerprint density at radius 1 is 1.15 bits per heavy atom. The maximum atomic E-state index is 13.8. The fourth-order valence-corrected chi connectivity index (χ4v) is 5.59. The van der Waals surface area contributed by atoms with E-state index in [0.29, 0.717) is 42.9 Å². The van der Waals surface area contributed by atoms with E-state index < -0.39 is 34.9 Å². The Labute approximate surface area is 230 Å². The average Bonchev–Trinajstić information content (AvgIpc) is 3.15. The van der Waals surface area contributed by atoms with Gasteiger partial charge in [-0.05, 0) is 68.0 Å². The van der Waals surface area contributed by atoms with Crippen LogP contribution < -0.4 is 5.32 Å². The standard InChI is InChI=1S/C29H30ClF3N2O4/c1-2-39-27(38)28-14-4-3-8-24(28)35(15-13-19-9-11-22(30)12-10-19)26(37)23(28)17-25(36)34-18-20-6-5-7-21(16-20)29(31,32)33/h5-12,16,23H,2-4,13-15,17-18H2,1H3,(H,34,36)/t23-,28-/m1/s1. The van der Waals surface area contributed by atoms with Crippen LogP contribution >= 0.6 is 11.6 Å². The molecule has 4 rings (SSSR count). The van der Waals surface area contributed by atoms with Crippen LogP contribution in [0.1, 0.15) is 49.3 Å². The second kappa shape index (κ2) is 11.8. The van der Waals surface area contributed by atoms with E-state index in [-0.39, 0.29) is 31.0 Å². The van der Waals surface area contributed by atoms with E-state index in [9.17, 15) is 27.6 Å². The van der Waals surface area contributed by atoms with Crippen molar-refractivity contribution < 1.29 is 32.3 Å². The number of alkyl halides is 3. The number of allylic oxidation sites excluding steroid dienone is 1. The molecule has 0 aromatic heterocycles. The number of halogens is 4. The molecule has 1 fully saturated rings. The van der Waals surface area contributed by atoms with Crippen LogP contribution in [0.15, 0.2) is 60.3 Å². The number of amides is 2. The van der Waals surface area contributed by atoms with Gasteiger partial charge in [-0.1, -0.05) is 41.9 Å². The molecule has 0 radical (unpaired) electrons. The van der Waals surface area contributed by atoms with Gasteiger partial charge in [0.15, 0.2) is 0 Å². The molecule has 2 aromatic carbocycles. The van der Waals surface area contributed by atoms with Gasteiger partial charge in [0.05, 0.1) is 18.1 Å². The topological polar surface area (TPSA) is 75.7 Å². The van der Waals surface area contributed by atoms with Crippen LogP contribution in [0.4, 0.5) is 13.2 Å². The first-order valence-electron chi connectivity index (χ1n) is 12.9. The van der Waals surface area contributed by atoms with Crippen LogP contribution in [0.5, 0.6) is 0 Å². The molecule has 10 heteroatoms. The Kier molecular flexibility index (Phi) is 8.69. The minimum Gasteiger partial charge on any atom is -0.465 e. The number of likely N-dealkylation sites (tertiary alicyclic amines) is 1. The number of rotatable bonds is 9. The first kappa shape index (κ1) is 28.7. The lowest BCUT2D eigenvalue weighted by molar-refractivity contribution is -0.158. The summed E-state index contributed by atoms with van der Waals surface area (Å²) in [5.41, 5.74) is -0.276. The van der Waals surface area contributed by atoms with Gasteiger partial charge in [-0.15, -0.1) is 0 Å². The fraction of sp³-hybridized carbons (Fsp3) is 0.414. The van der Waals surface area contributed by atoms with Crippen molar-refractivity contribution in [2.45, 2.75) is 51.7 Å².